The number of hydrogen-bond donors (Lipinski definition) is 2. The van der Waals surface area contributed by atoms with Gasteiger partial charge in [0.05, 0.1) is 17.3 Å². The molecule has 1 aliphatic rings. The van der Waals surface area contributed by atoms with Crippen LogP contribution >= 0.6 is 0 Å². The van der Waals surface area contributed by atoms with E-state index in [9.17, 15) is 28.3 Å². The van der Waals surface area contributed by atoms with Gasteiger partial charge in [0.15, 0.2) is 5.65 Å². The molecule has 2 aromatic carbocycles. The van der Waals surface area contributed by atoms with Crippen molar-refractivity contribution in [3.8, 4) is 16.8 Å². The van der Waals surface area contributed by atoms with E-state index in [0.29, 0.717) is 43.4 Å². The molecule has 0 bridgehead atoms. The number of imidazole rings is 1. The number of halogens is 2. The third-order valence-electron chi connectivity index (χ3n) is 8.73. The number of benzene rings is 2. The van der Waals surface area contributed by atoms with Gasteiger partial charge in [-0.15, -0.1) is 0 Å². The highest BCUT2D eigenvalue weighted by molar-refractivity contribution is 5.93. The Morgan fingerprint density at radius 1 is 0.915 bits per heavy atom. The highest BCUT2D eigenvalue weighted by Crippen LogP contribution is 2.28. The molecule has 47 heavy (non-hydrogen) atoms. The Bertz CT molecular complexity index is 2250. The highest BCUT2D eigenvalue weighted by atomic mass is 19.1. The predicted octanol–water partition coefficient (Wildman–Crippen LogP) is 4.59. The molecule has 1 fully saturated rings. The van der Waals surface area contributed by atoms with Crippen molar-refractivity contribution in [2.24, 2.45) is 0 Å². The van der Waals surface area contributed by atoms with Crippen LogP contribution in [0.15, 0.2) is 94.9 Å². The number of carbonyl (C=O) groups excluding carboxylic acids is 1. The average molecular weight is 637 g/mol. The first-order chi connectivity index (χ1) is 22.8. The molecule has 238 valence electrons. The highest BCUT2D eigenvalue weighted by Gasteiger charge is 2.28. The molecule has 2 N–H and O–H groups in total. The van der Waals surface area contributed by atoms with Crippen LogP contribution in [0.2, 0.25) is 0 Å². The van der Waals surface area contributed by atoms with E-state index in [-0.39, 0.29) is 29.4 Å². The Morgan fingerprint density at radius 2 is 1.70 bits per heavy atom. The summed E-state index contributed by atoms with van der Waals surface area (Å²) in [5.41, 5.74) is 2.64. The number of amides is 1. The van der Waals surface area contributed by atoms with Gasteiger partial charge in [0.1, 0.15) is 23.0 Å². The van der Waals surface area contributed by atoms with Crippen molar-refractivity contribution in [3.05, 3.63) is 129 Å². The third kappa shape index (κ3) is 5.83. The van der Waals surface area contributed by atoms with E-state index in [1.165, 1.54) is 38.1 Å². The SMILES string of the molecule is O=C(NC1CCC(n2c(=O)c3cc(F)cnc3n(-c3cccc(-c4ccc(CCO)cc4)c3)c2=O)CC1)c1cn2cc(F)ccc2n1. The summed E-state index contributed by atoms with van der Waals surface area (Å²) in [4.78, 5) is 49.3. The van der Waals surface area contributed by atoms with E-state index in [1.54, 1.807) is 12.1 Å². The molecule has 7 rings (SSSR count). The van der Waals surface area contributed by atoms with Gasteiger partial charge in [-0.05, 0) is 79.1 Å². The van der Waals surface area contributed by atoms with Crippen LogP contribution in [0.1, 0.15) is 47.8 Å². The molecule has 0 atom stereocenters. The number of carbonyl (C=O) groups is 1. The van der Waals surface area contributed by atoms with Crippen molar-refractivity contribution in [1.82, 2.24) is 28.8 Å². The zero-order valence-electron chi connectivity index (χ0n) is 25.1. The number of nitrogens with one attached hydrogen (secondary N) is 1. The summed E-state index contributed by atoms with van der Waals surface area (Å²) in [6, 6.07) is 18.2. The van der Waals surface area contributed by atoms with Crippen molar-refractivity contribution in [3.63, 3.8) is 0 Å². The minimum absolute atomic E-state index is 0.0120. The first kappa shape index (κ1) is 30.2. The summed E-state index contributed by atoms with van der Waals surface area (Å²) in [6.07, 6.45) is 6.06. The second-order valence-corrected chi connectivity index (χ2v) is 11.8. The Kier molecular flexibility index (Phi) is 7.94. The van der Waals surface area contributed by atoms with E-state index in [1.807, 2.05) is 36.4 Å². The number of aliphatic hydroxyl groups excluding tert-OH is 1. The monoisotopic (exact) mass is 636 g/mol. The molecule has 4 aromatic heterocycles. The average Bonchev–Trinajstić information content (AvgIpc) is 3.50. The first-order valence-corrected chi connectivity index (χ1v) is 15.4. The number of pyridine rings is 2. The predicted molar refractivity (Wildman–Crippen MR) is 172 cm³/mol. The fourth-order valence-electron chi connectivity index (χ4n) is 6.37. The molecule has 0 saturated heterocycles. The summed E-state index contributed by atoms with van der Waals surface area (Å²) in [7, 11) is 0. The van der Waals surface area contributed by atoms with Gasteiger partial charge in [0.2, 0.25) is 0 Å². The van der Waals surface area contributed by atoms with Crippen molar-refractivity contribution in [2.75, 3.05) is 6.61 Å². The van der Waals surface area contributed by atoms with Gasteiger partial charge in [0.25, 0.3) is 11.5 Å². The van der Waals surface area contributed by atoms with Gasteiger partial charge >= 0.3 is 5.69 Å². The number of fused-ring (bicyclic) bond motifs is 2. The van der Waals surface area contributed by atoms with Gasteiger partial charge in [-0.3, -0.25) is 14.2 Å². The van der Waals surface area contributed by atoms with Crippen molar-refractivity contribution >= 4 is 22.6 Å². The lowest BCUT2D eigenvalue weighted by Crippen LogP contribution is -2.45. The number of nitrogens with zero attached hydrogens (tertiary/aromatic N) is 5. The molecular weight excluding hydrogens is 606 g/mol. The fourth-order valence-corrected chi connectivity index (χ4v) is 6.37. The van der Waals surface area contributed by atoms with Crippen LogP contribution in [0.5, 0.6) is 0 Å². The second kappa shape index (κ2) is 12.4. The molecule has 1 aliphatic carbocycles. The summed E-state index contributed by atoms with van der Waals surface area (Å²) in [6.45, 7) is 0.0522. The molecular formula is C35H30F2N6O4. The van der Waals surface area contributed by atoms with Crippen LogP contribution < -0.4 is 16.6 Å². The molecule has 12 heteroatoms. The summed E-state index contributed by atoms with van der Waals surface area (Å²) in [5, 5.41) is 12.2. The summed E-state index contributed by atoms with van der Waals surface area (Å²) >= 11 is 0. The van der Waals surface area contributed by atoms with Crippen LogP contribution in [0.25, 0.3) is 33.5 Å². The Labute approximate surface area is 266 Å². The van der Waals surface area contributed by atoms with Crippen molar-refractivity contribution in [1.29, 1.82) is 0 Å². The van der Waals surface area contributed by atoms with Crippen LogP contribution in [0.4, 0.5) is 8.78 Å². The van der Waals surface area contributed by atoms with Gasteiger partial charge in [-0.1, -0.05) is 36.4 Å². The van der Waals surface area contributed by atoms with Crippen LogP contribution in [0, 0.1) is 11.6 Å². The standard InChI is InChI=1S/C35H30F2N6O4/c36-24-8-13-31-40-30(20-41(31)19-24)33(45)39-26-9-11-27(12-10-26)43-34(46)29-17-25(37)18-38-32(29)42(35(43)47)28-3-1-2-23(16-28)22-6-4-21(5-7-22)14-15-44/h1-8,13,16-20,26-27,44H,9-12,14-15H2,(H,39,45). The molecule has 0 aliphatic heterocycles. The van der Waals surface area contributed by atoms with Crippen LogP contribution in [-0.2, 0) is 6.42 Å². The maximum atomic E-state index is 14.4. The molecule has 6 aromatic rings. The molecule has 0 unspecified atom stereocenters. The van der Waals surface area contributed by atoms with E-state index >= 15 is 0 Å². The van der Waals surface area contributed by atoms with Gasteiger partial charge < -0.3 is 14.8 Å². The molecule has 0 radical (unpaired) electrons. The van der Waals surface area contributed by atoms with Crippen molar-refractivity contribution in [2.45, 2.75) is 44.2 Å². The van der Waals surface area contributed by atoms with E-state index < -0.39 is 34.8 Å². The number of hydrogen-bond acceptors (Lipinski definition) is 6. The summed E-state index contributed by atoms with van der Waals surface area (Å²) < 4.78 is 32.0. The maximum Gasteiger partial charge on any atom is 0.337 e. The van der Waals surface area contributed by atoms with E-state index in [0.717, 1.165) is 29.0 Å². The van der Waals surface area contributed by atoms with Gasteiger partial charge in [-0.2, -0.15) is 0 Å². The molecule has 0 spiro atoms. The van der Waals surface area contributed by atoms with E-state index in [2.05, 4.69) is 15.3 Å². The Hall–Kier alpha value is -5.49. The van der Waals surface area contributed by atoms with Crippen LogP contribution in [-0.4, -0.2) is 47.2 Å². The van der Waals surface area contributed by atoms with Gasteiger partial charge in [-0.25, -0.2) is 28.1 Å². The first-order valence-electron chi connectivity index (χ1n) is 15.4. The van der Waals surface area contributed by atoms with Gasteiger partial charge in [0, 0.05) is 31.1 Å². The van der Waals surface area contributed by atoms with Crippen LogP contribution in [0.3, 0.4) is 0 Å². The lowest BCUT2D eigenvalue weighted by molar-refractivity contribution is 0.0917. The minimum Gasteiger partial charge on any atom is -0.396 e. The summed E-state index contributed by atoms with van der Waals surface area (Å²) in [5.74, 6) is -1.53. The minimum atomic E-state index is -0.691. The number of rotatable bonds is 7. The fraction of sp³-hybridized carbons (Fsp3) is 0.229. The maximum absolute atomic E-state index is 14.4. The van der Waals surface area contributed by atoms with E-state index in [4.69, 9.17) is 0 Å². The molecule has 10 nitrogen and oxygen atoms in total. The lowest BCUT2D eigenvalue weighted by atomic mass is 9.90. The zero-order valence-corrected chi connectivity index (χ0v) is 25.1. The Balaban J connectivity index is 1.18. The number of aliphatic hydroxyl groups is 1. The zero-order chi connectivity index (χ0) is 32.7. The van der Waals surface area contributed by atoms with Crippen molar-refractivity contribution < 1.29 is 18.7 Å². The quantitative estimate of drug-likeness (QED) is 0.264. The molecule has 1 saturated carbocycles. The second-order valence-electron chi connectivity index (χ2n) is 11.8. The largest absolute Gasteiger partial charge is 0.396 e. The Morgan fingerprint density at radius 3 is 2.47 bits per heavy atom. The number of aromatic nitrogens is 5. The topological polar surface area (TPSA) is 124 Å². The molecule has 1 amide bonds. The third-order valence-corrected chi connectivity index (χ3v) is 8.73. The molecule has 4 heterocycles. The lowest BCUT2D eigenvalue weighted by Gasteiger charge is -2.30. The smallest absolute Gasteiger partial charge is 0.337 e. The normalized spacial score (nSPS) is 16.5.